The first-order valence-corrected chi connectivity index (χ1v) is 12.1. The van der Waals surface area contributed by atoms with E-state index in [1.165, 1.54) is 35.1 Å². The van der Waals surface area contributed by atoms with Crippen LogP contribution in [0.15, 0.2) is 22.4 Å². The number of rotatable bonds is 6. The second kappa shape index (κ2) is 7.83. The fourth-order valence-corrected chi connectivity index (χ4v) is 7.00. The molecule has 0 bridgehead atoms. The molecule has 6 nitrogen and oxygen atoms in total. The van der Waals surface area contributed by atoms with Crippen LogP contribution < -0.4 is 4.72 Å². The molecule has 0 radical (unpaired) electrons. The lowest BCUT2D eigenvalue weighted by atomic mass is 10.0. The van der Waals surface area contributed by atoms with Crippen LogP contribution in [0.2, 0.25) is 0 Å². The average Bonchev–Trinajstić information content (AvgIpc) is 3.39. The average molecular weight is 435 g/mol. The van der Waals surface area contributed by atoms with Gasteiger partial charge in [0.1, 0.15) is 4.21 Å². The molecule has 1 N–H and O–H groups in total. The number of hydrogen-bond donors (Lipinski definition) is 1. The number of carbonyl (C=O) groups is 1. The second-order valence-electron chi connectivity index (χ2n) is 7.94. The topological polar surface area (TPSA) is 75.7 Å². The number of sulfonamides is 1. The van der Waals surface area contributed by atoms with E-state index >= 15 is 0 Å². The smallest absolute Gasteiger partial charge is 0.340 e. The van der Waals surface area contributed by atoms with Gasteiger partial charge in [-0.25, -0.2) is 17.9 Å². The molecular weight excluding hydrogens is 408 g/mol. The highest BCUT2D eigenvalue weighted by atomic mass is 32.2. The van der Waals surface area contributed by atoms with Crippen molar-refractivity contribution in [3.05, 3.63) is 50.9 Å². The first-order chi connectivity index (χ1) is 13.8. The zero-order valence-electron chi connectivity index (χ0n) is 16.9. The van der Waals surface area contributed by atoms with Crippen molar-refractivity contribution in [3.63, 3.8) is 0 Å². The van der Waals surface area contributed by atoms with Crippen LogP contribution in [0, 0.1) is 13.8 Å². The third-order valence-electron chi connectivity index (χ3n) is 5.53. The Morgan fingerprint density at radius 1 is 1.31 bits per heavy atom. The Hall–Kier alpha value is -1.74. The number of nitrogens with one attached hydrogen (secondary N) is 1. The van der Waals surface area contributed by atoms with Gasteiger partial charge in [0.05, 0.1) is 12.7 Å². The van der Waals surface area contributed by atoms with Crippen LogP contribution in [0.3, 0.4) is 0 Å². The van der Waals surface area contributed by atoms with Crippen molar-refractivity contribution in [3.8, 4) is 0 Å². The Balaban J connectivity index is 1.64. The first-order valence-electron chi connectivity index (χ1n) is 9.82. The Morgan fingerprint density at radius 2 is 2.07 bits per heavy atom. The van der Waals surface area contributed by atoms with E-state index in [1.54, 1.807) is 0 Å². The molecule has 1 aliphatic carbocycles. The van der Waals surface area contributed by atoms with Crippen molar-refractivity contribution in [2.75, 3.05) is 13.7 Å². The quantitative estimate of drug-likeness (QED) is 0.707. The molecule has 2 heterocycles. The van der Waals surface area contributed by atoms with E-state index in [0.29, 0.717) is 13.0 Å². The molecule has 156 valence electrons. The summed E-state index contributed by atoms with van der Waals surface area (Å²) in [6.45, 7) is 6.41. The van der Waals surface area contributed by atoms with Gasteiger partial charge >= 0.3 is 5.97 Å². The Kier molecular flexibility index (Phi) is 5.54. The number of thiophene rings is 1. The van der Waals surface area contributed by atoms with Crippen LogP contribution in [0.4, 0.5) is 0 Å². The fourth-order valence-electron chi connectivity index (χ4n) is 3.75. The molecular formula is C21H26N2O4S2. The van der Waals surface area contributed by atoms with Crippen LogP contribution in [0.25, 0.3) is 0 Å². The Labute approximate surface area is 175 Å². The van der Waals surface area contributed by atoms with Gasteiger partial charge in [-0.3, -0.25) is 4.90 Å². The molecule has 0 atom stereocenters. The predicted molar refractivity (Wildman–Crippen MR) is 113 cm³/mol. The molecule has 1 saturated carbocycles. The van der Waals surface area contributed by atoms with Gasteiger partial charge in [0, 0.05) is 30.6 Å². The zero-order valence-corrected chi connectivity index (χ0v) is 18.6. The molecule has 1 aromatic heterocycles. The van der Waals surface area contributed by atoms with Gasteiger partial charge in [-0.1, -0.05) is 23.8 Å². The molecule has 8 heteroatoms. The van der Waals surface area contributed by atoms with E-state index in [-0.39, 0.29) is 15.8 Å². The van der Waals surface area contributed by atoms with Gasteiger partial charge in [-0.2, -0.15) is 0 Å². The minimum atomic E-state index is -3.72. The number of carbonyl (C=O) groups excluding carboxylic acids is 1. The molecule has 0 amide bonds. The van der Waals surface area contributed by atoms with E-state index in [4.69, 9.17) is 4.74 Å². The van der Waals surface area contributed by atoms with Crippen LogP contribution in [0.5, 0.6) is 0 Å². The van der Waals surface area contributed by atoms with E-state index in [1.807, 2.05) is 0 Å². The minimum absolute atomic E-state index is 0.00887. The van der Waals surface area contributed by atoms with E-state index in [9.17, 15) is 13.2 Å². The summed E-state index contributed by atoms with van der Waals surface area (Å²) in [7, 11) is -2.42. The summed E-state index contributed by atoms with van der Waals surface area (Å²) >= 11 is 1.21. The maximum atomic E-state index is 12.9. The minimum Gasteiger partial charge on any atom is -0.465 e. The van der Waals surface area contributed by atoms with Crippen molar-refractivity contribution in [1.29, 1.82) is 0 Å². The van der Waals surface area contributed by atoms with Crippen LogP contribution >= 0.6 is 11.3 Å². The molecule has 1 aromatic carbocycles. The summed E-state index contributed by atoms with van der Waals surface area (Å²) < 4.78 is 33.5. The third-order valence-corrected chi connectivity index (χ3v) is 8.79. The standard InChI is InChI=1S/C21H26N2O4S2/c1-13-4-5-14(2)15(10-13)11-23-9-8-17-18(12-23)28-21(19(17)20(24)27-3)29(25,26)22-16-6-7-16/h4-5,10,16,22H,6-9,11-12H2,1-3H3. The van der Waals surface area contributed by atoms with Crippen molar-refractivity contribution >= 4 is 27.3 Å². The Morgan fingerprint density at radius 3 is 2.76 bits per heavy atom. The van der Waals surface area contributed by atoms with Crippen LogP contribution in [0.1, 0.15) is 50.3 Å². The van der Waals surface area contributed by atoms with Gasteiger partial charge in [-0.05, 0) is 49.8 Å². The largest absolute Gasteiger partial charge is 0.465 e. The molecule has 1 fully saturated rings. The summed E-state index contributed by atoms with van der Waals surface area (Å²) in [6, 6.07) is 6.44. The van der Waals surface area contributed by atoms with Crippen molar-refractivity contribution in [1.82, 2.24) is 9.62 Å². The number of fused-ring (bicyclic) bond motifs is 1. The summed E-state index contributed by atoms with van der Waals surface area (Å²) in [5.74, 6) is -0.568. The lowest BCUT2D eigenvalue weighted by molar-refractivity contribution is 0.0595. The maximum Gasteiger partial charge on any atom is 0.340 e. The number of nitrogens with zero attached hydrogens (tertiary/aromatic N) is 1. The molecule has 29 heavy (non-hydrogen) atoms. The molecule has 0 unspecified atom stereocenters. The van der Waals surface area contributed by atoms with Gasteiger partial charge in [0.25, 0.3) is 10.0 Å². The first kappa shape index (κ1) is 20.5. The Bertz CT molecular complexity index is 1050. The summed E-state index contributed by atoms with van der Waals surface area (Å²) in [5, 5.41) is 0. The molecule has 1 aliphatic heterocycles. The number of methoxy groups -OCH3 is 1. The lowest BCUT2D eigenvalue weighted by Crippen LogP contribution is -2.30. The second-order valence-corrected chi connectivity index (χ2v) is 11.0. The predicted octanol–water partition coefficient (Wildman–Crippen LogP) is 3.15. The molecule has 0 saturated heterocycles. The fraction of sp³-hybridized carbons (Fsp3) is 0.476. The van der Waals surface area contributed by atoms with Crippen molar-refractivity contribution < 1.29 is 17.9 Å². The number of esters is 1. The zero-order chi connectivity index (χ0) is 20.8. The number of benzene rings is 1. The summed E-state index contributed by atoms with van der Waals surface area (Å²) in [4.78, 5) is 15.7. The van der Waals surface area contributed by atoms with Gasteiger partial charge in [0.15, 0.2) is 0 Å². The highest BCUT2D eigenvalue weighted by molar-refractivity contribution is 7.91. The monoisotopic (exact) mass is 434 g/mol. The highest BCUT2D eigenvalue weighted by Gasteiger charge is 2.36. The molecule has 4 rings (SSSR count). The summed E-state index contributed by atoms with van der Waals surface area (Å²) in [6.07, 6.45) is 2.34. The molecule has 2 aliphatic rings. The van der Waals surface area contributed by atoms with E-state index in [0.717, 1.165) is 36.4 Å². The van der Waals surface area contributed by atoms with Crippen LogP contribution in [-0.2, 0) is 34.3 Å². The lowest BCUT2D eigenvalue weighted by Gasteiger charge is -2.27. The van der Waals surface area contributed by atoms with Crippen molar-refractivity contribution in [2.45, 2.75) is 56.5 Å². The van der Waals surface area contributed by atoms with Gasteiger partial charge in [-0.15, -0.1) is 11.3 Å². The SMILES string of the molecule is COC(=O)c1c(S(=O)(=O)NC2CC2)sc2c1CCN(Cc1cc(C)ccc1C)C2. The number of ether oxygens (including phenoxy) is 1. The normalized spacial score (nSPS) is 17.2. The van der Waals surface area contributed by atoms with Crippen molar-refractivity contribution in [2.24, 2.45) is 0 Å². The van der Waals surface area contributed by atoms with E-state index in [2.05, 4.69) is 41.7 Å². The number of aryl methyl sites for hydroxylation is 2. The number of hydrogen-bond acceptors (Lipinski definition) is 6. The maximum absolute atomic E-state index is 12.9. The van der Waals surface area contributed by atoms with Crippen LogP contribution in [-0.4, -0.2) is 39.0 Å². The molecule has 0 spiro atoms. The highest BCUT2D eigenvalue weighted by Crippen LogP contribution is 2.38. The molecule has 2 aromatic rings. The third kappa shape index (κ3) is 4.26. The van der Waals surface area contributed by atoms with E-state index < -0.39 is 16.0 Å². The van der Waals surface area contributed by atoms with Gasteiger partial charge in [0.2, 0.25) is 0 Å². The summed E-state index contributed by atoms with van der Waals surface area (Å²) in [5.41, 5.74) is 4.82. The van der Waals surface area contributed by atoms with Gasteiger partial charge < -0.3 is 4.74 Å².